The highest BCUT2D eigenvalue weighted by molar-refractivity contribution is 5.95. The minimum Gasteiger partial charge on any atom is -0.478 e. The molecule has 1 aromatic heterocycles. The zero-order chi connectivity index (χ0) is 15.2. The first-order valence-electron chi connectivity index (χ1n) is 6.60. The molecule has 2 N–H and O–H groups in total. The number of hydrogen-bond donors (Lipinski definition) is 2. The van der Waals surface area contributed by atoms with Gasteiger partial charge in [0.05, 0.1) is 11.1 Å². The standard InChI is InChI=1S/C16H16N2O3/c1-11-14(3-2-9-17-11)15(19)18-10-8-12-4-6-13(7-5-12)16(20)21/h2-7,9H,8,10H2,1H3,(H,18,19)(H,20,21). The van der Waals surface area contributed by atoms with Crippen molar-refractivity contribution in [2.24, 2.45) is 0 Å². The Kier molecular flexibility index (Phi) is 4.66. The third-order valence-corrected chi connectivity index (χ3v) is 3.15. The normalized spacial score (nSPS) is 10.1. The molecule has 1 heterocycles. The Labute approximate surface area is 122 Å². The van der Waals surface area contributed by atoms with Gasteiger partial charge in [-0.25, -0.2) is 4.79 Å². The molecule has 0 aliphatic rings. The van der Waals surface area contributed by atoms with Crippen LogP contribution < -0.4 is 5.32 Å². The van der Waals surface area contributed by atoms with Gasteiger partial charge in [-0.15, -0.1) is 0 Å². The van der Waals surface area contributed by atoms with Crippen molar-refractivity contribution >= 4 is 11.9 Å². The molecule has 0 aliphatic heterocycles. The lowest BCUT2D eigenvalue weighted by Crippen LogP contribution is -2.26. The van der Waals surface area contributed by atoms with Crippen molar-refractivity contribution in [1.82, 2.24) is 10.3 Å². The first kappa shape index (κ1) is 14.7. The molecular weight excluding hydrogens is 268 g/mol. The number of nitrogens with zero attached hydrogens (tertiary/aromatic N) is 1. The molecule has 1 aromatic carbocycles. The highest BCUT2D eigenvalue weighted by atomic mass is 16.4. The molecule has 0 saturated heterocycles. The Bertz CT molecular complexity index is 651. The van der Waals surface area contributed by atoms with E-state index in [2.05, 4.69) is 10.3 Å². The second kappa shape index (κ2) is 6.65. The van der Waals surface area contributed by atoms with Crippen LogP contribution in [0.2, 0.25) is 0 Å². The van der Waals surface area contributed by atoms with Crippen molar-refractivity contribution in [3.8, 4) is 0 Å². The summed E-state index contributed by atoms with van der Waals surface area (Å²) >= 11 is 0. The molecule has 2 rings (SSSR count). The third kappa shape index (κ3) is 3.89. The molecule has 0 unspecified atom stereocenters. The SMILES string of the molecule is Cc1ncccc1C(=O)NCCc1ccc(C(=O)O)cc1. The van der Waals surface area contributed by atoms with Gasteiger partial charge in [-0.1, -0.05) is 12.1 Å². The van der Waals surface area contributed by atoms with Crippen LogP contribution in [0.3, 0.4) is 0 Å². The first-order chi connectivity index (χ1) is 10.1. The fraction of sp³-hybridized carbons (Fsp3) is 0.188. The maximum atomic E-state index is 12.0. The van der Waals surface area contributed by atoms with Gasteiger partial charge >= 0.3 is 5.97 Å². The quantitative estimate of drug-likeness (QED) is 0.880. The Balaban J connectivity index is 1.88. The van der Waals surface area contributed by atoms with E-state index in [0.29, 0.717) is 24.2 Å². The monoisotopic (exact) mass is 284 g/mol. The molecule has 108 valence electrons. The number of carboxylic acid groups (broad SMARTS) is 1. The minimum atomic E-state index is -0.943. The van der Waals surface area contributed by atoms with Gasteiger partial charge in [0.25, 0.3) is 5.91 Å². The lowest BCUT2D eigenvalue weighted by Gasteiger charge is -2.07. The number of aromatic carboxylic acids is 1. The number of amides is 1. The molecule has 5 nitrogen and oxygen atoms in total. The van der Waals surface area contributed by atoms with Gasteiger partial charge in [-0.3, -0.25) is 9.78 Å². The summed E-state index contributed by atoms with van der Waals surface area (Å²) in [5.74, 6) is -1.09. The molecule has 21 heavy (non-hydrogen) atoms. The zero-order valence-corrected chi connectivity index (χ0v) is 11.7. The fourth-order valence-electron chi connectivity index (χ4n) is 1.95. The number of nitrogens with one attached hydrogen (secondary N) is 1. The molecule has 1 amide bonds. The molecule has 0 fully saturated rings. The first-order valence-corrected chi connectivity index (χ1v) is 6.60. The Morgan fingerprint density at radius 1 is 1.19 bits per heavy atom. The molecule has 2 aromatic rings. The van der Waals surface area contributed by atoms with Crippen molar-refractivity contribution in [3.63, 3.8) is 0 Å². The molecule has 0 spiro atoms. The van der Waals surface area contributed by atoms with Crippen LogP contribution in [-0.4, -0.2) is 28.5 Å². The van der Waals surface area contributed by atoms with Gasteiger partial charge in [0.15, 0.2) is 0 Å². The number of aromatic nitrogens is 1. The summed E-state index contributed by atoms with van der Waals surface area (Å²) in [7, 11) is 0. The second-order valence-electron chi connectivity index (χ2n) is 4.64. The number of hydrogen-bond acceptors (Lipinski definition) is 3. The largest absolute Gasteiger partial charge is 0.478 e. The molecule has 0 bridgehead atoms. The molecule has 0 saturated carbocycles. The van der Waals surface area contributed by atoms with Crippen LogP contribution in [0.5, 0.6) is 0 Å². The van der Waals surface area contributed by atoms with Crippen LogP contribution >= 0.6 is 0 Å². The number of carbonyl (C=O) groups excluding carboxylic acids is 1. The average molecular weight is 284 g/mol. The summed E-state index contributed by atoms with van der Waals surface area (Å²) in [5, 5.41) is 11.6. The highest BCUT2D eigenvalue weighted by Crippen LogP contribution is 2.06. The number of rotatable bonds is 5. The molecular formula is C16H16N2O3. The van der Waals surface area contributed by atoms with Gasteiger partial charge in [-0.05, 0) is 43.2 Å². The van der Waals surface area contributed by atoms with Crippen LogP contribution in [0.1, 0.15) is 32.0 Å². The molecule has 0 radical (unpaired) electrons. The fourth-order valence-corrected chi connectivity index (χ4v) is 1.95. The van der Waals surface area contributed by atoms with E-state index < -0.39 is 5.97 Å². The smallest absolute Gasteiger partial charge is 0.335 e. The number of carbonyl (C=O) groups is 2. The van der Waals surface area contributed by atoms with Crippen LogP contribution in [0, 0.1) is 6.92 Å². The van der Waals surface area contributed by atoms with E-state index in [0.717, 1.165) is 5.56 Å². The minimum absolute atomic E-state index is 0.150. The summed E-state index contributed by atoms with van der Waals surface area (Å²) in [5.41, 5.74) is 2.50. The van der Waals surface area contributed by atoms with E-state index in [4.69, 9.17) is 5.11 Å². The number of carboxylic acids is 1. The van der Waals surface area contributed by atoms with Crippen LogP contribution in [0.4, 0.5) is 0 Å². The summed E-state index contributed by atoms with van der Waals surface area (Å²) < 4.78 is 0. The lowest BCUT2D eigenvalue weighted by atomic mass is 10.1. The number of pyridine rings is 1. The topological polar surface area (TPSA) is 79.3 Å². The van der Waals surface area contributed by atoms with Gasteiger partial charge in [0, 0.05) is 18.4 Å². The van der Waals surface area contributed by atoms with E-state index in [9.17, 15) is 9.59 Å². The van der Waals surface area contributed by atoms with E-state index in [1.807, 2.05) is 0 Å². The van der Waals surface area contributed by atoms with Crippen molar-refractivity contribution < 1.29 is 14.7 Å². The van der Waals surface area contributed by atoms with Crippen molar-refractivity contribution in [1.29, 1.82) is 0 Å². The predicted molar refractivity (Wildman–Crippen MR) is 78.4 cm³/mol. The van der Waals surface area contributed by atoms with Crippen LogP contribution in [0.15, 0.2) is 42.6 Å². The number of aryl methyl sites for hydroxylation is 1. The van der Waals surface area contributed by atoms with Gasteiger partial charge in [-0.2, -0.15) is 0 Å². The van der Waals surface area contributed by atoms with Crippen molar-refractivity contribution in [2.75, 3.05) is 6.54 Å². The highest BCUT2D eigenvalue weighted by Gasteiger charge is 2.08. The van der Waals surface area contributed by atoms with Gasteiger partial charge in [0.1, 0.15) is 0 Å². The lowest BCUT2D eigenvalue weighted by molar-refractivity contribution is 0.0696. The van der Waals surface area contributed by atoms with E-state index in [1.54, 1.807) is 49.5 Å². The Hall–Kier alpha value is -2.69. The van der Waals surface area contributed by atoms with E-state index in [-0.39, 0.29) is 11.5 Å². The van der Waals surface area contributed by atoms with E-state index >= 15 is 0 Å². The van der Waals surface area contributed by atoms with Crippen molar-refractivity contribution in [3.05, 3.63) is 65.0 Å². The van der Waals surface area contributed by atoms with Crippen molar-refractivity contribution in [2.45, 2.75) is 13.3 Å². The second-order valence-corrected chi connectivity index (χ2v) is 4.64. The maximum absolute atomic E-state index is 12.0. The van der Waals surface area contributed by atoms with Crippen LogP contribution in [0.25, 0.3) is 0 Å². The molecule has 0 aliphatic carbocycles. The maximum Gasteiger partial charge on any atom is 0.335 e. The Morgan fingerprint density at radius 3 is 2.52 bits per heavy atom. The third-order valence-electron chi connectivity index (χ3n) is 3.15. The van der Waals surface area contributed by atoms with Gasteiger partial charge in [0.2, 0.25) is 0 Å². The predicted octanol–water partition coefficient (Wildman–Crippen LogP) is 2.06. The summed E-state index contributed by atoms with van der Waals surface area (Å²) in [6.45, 7) is 2.28. The molecule has 5 heteroatoms. The average Bonchev–Trinajstić information content (AvgIpc) is 2.48. The summed E-state index contributed by atoms with van der Waals surface area (Å²) in [4.78, 5) is 26.8. The summed E-state index contributed by atoms with van der Waals surface area (Å²) in [6, 6.07) is 10.1. The molecule has 0 atom stereocenters. The summed E-state index contributed by atoms with van der Waals surface area (Å²) in [6.07, 6.45) is 2.29. The van der Waals surface area contributed by atoms with Gasteiger partial charge < -0.3 is 10.4 Å². The zero-order valence-electron chi connectivity index (χ0n) is 11.7. The van der Waals surface area contributed by atoms with Crippen LogP contribution in [-0.2, 0) is 6.42 Å². The van der Waals surface area contributed by atoms with E-state index in [1.165, 1.54) is 0 Å². The Morgan fingerprint density at radius 2 is 1.90 bits per heavy atom. The number of benzene rings is 1.